The molecule has 0 aliphatic carbocycles. The number of halogens is 5. The second-order valence-electron chi connectivity index (χ2n) is 10.4. The summed E-state index contributed by atoms with van der Waals surface area (Å²) in [4.78, 5) is 0. The van der Waals surface area contributed by atoms with Gasteiger partial charge in [0.15, 0.2) is 0 Å². The lowest BCUT2D eigenvalue weighted by Crippen LogP contribution is -2.17. The van der Waals surface area contributed by atoms with Crippen LogP contribution in [0.25, 0.3) is 10.8 Å². The van der Waals surface area contributed by atoms with E-state index in [9.17, 15) is 17.6 Å². The Morgan fingerprint density at radius 2 is 1.23 bits per heavy atom. The first kappa shape index (κ1) is 29.6. The maximum Gasteiger partial charge on any atom is 0.573 e. The molecule has 4 aromatic rings. The molecule has 0 radical (unpaired) electrons. The van der Waals surface area contributed by atoms with E-state index < -0.39 is 6.36 Å². The van der Waals surface area contributed by atoms with Gasteiger partial charge in [0.25, 0.3) is 0 Å². The summed E-state index contributed by atoms with van der Waals surface area (Å²) in [5.41, 5.74) is 4.08. The number of alkyl halides is 3. The molecule has 4 rings (SSSR count). The highest BCUT2D eigenvalue weighted by Crippen LogP contribution is 2.26. The summed E-state index contributed by atoms with van der Waals surface area (Å²) in [6, 6.07) is 20.4. The minimum absolute atomic E-state index is 0.162. The number of benzene rings is 4. The summed E-state index contributed by atoms with van der Waals surface area (Å²) in [5, 5.41) is 1.30. The van der Waals surface area contributed by atoms with Crippen molar-refractivity contribution in [2.24, 2.45) is 0 Å². The van der Waals surface area contributed by atoms with E-state index in [0.717, 1.165) is 34.9 Å². The number of rotatable bonds is 13. The molecule has 1 nitrogen and oxygen atoms in total. The van der Waals surface area contributed by atoms with E-state index in [-0.39, 0.29) is 17.4 Å². The Bertz CT molecular complexity index is 1390. The molecule has 212 valence electrons. The SMILES string of the molecule is CCCCCCCc1ccc(CCc2ccc3c(F)c(CCc4ccc(OC(F)(F)F)cc4)ccc3c2)c(F)c1. The molecule has 6 heteroatoms. The topological polar surface area (TPSA) is 9.23 Å². The van der Waals surface area contributed by atoms with Crippen molar-refractivity contribution in [3.05, 3.63) is 112 Å². The Labute approximate surface area is 233 Å². The summed E-state index contributed by atoms with van der Waals surface area (Å²) in [5.74, 6) is -0.737. The maximum absolute atomic E-state index is 15.3. The van der Waals surface area contributed by atoms with Gasteiger partial charge in [0.2, 0.25) is 0 Å². The van der Waals surface area contributed by atoms with Crippen molar-refractivity contribution in [3.63, 3.8) is 0 Å². The highest BCUT2D eigenvalue weighted by Gasteiger charge is 2.30. The number of hydrogen-bond acceptors (Lipinski definition) is 1. The predicted molar refractivity (Wildman–Crippen MR) is 151 cm³/mol. The average Bonchev–Trinajstić information content (AvgIpc) is 2.92. The van der Waals surface area contributed by atoms with Gasteiger partial charge in [-0.1, -0.05) is 87.2 Å². The number of fused-ring (bicyclic) bond motifs is 1. The van der Waals surface area contributed by atoms with Gasteiger partial charge in [-0.2, -0.15) is 0 Å². The van der Waals surface area contributed by atoms with Crippen LogP contribution >= 0.6 is 0 Å². The highest BCUT2D eigenvalue weighted by molar-refractivity contribution is 5.84. The molecule has 0 unspecified atom stereocenters. The molecule has 0 saturated carbocycles. The van der Waals surface area contributed by atoms with Gasteiger partial charge in [0.1, 0.15) is 17.4 Å². The van der Waals surface area contributed by atoms with Gasteiger partial charge < -0.3 is 4.74 Å². The number of aryl methyl sites for hydroxylation is 5. The molecule has 0 spiro atoms. The van der Waals surface area contributed by atoms with E-state index in [1.54, 1.807) is 30.3 Å². The molecule has 0 aliphatic heterocycles. The van der Waals surface area contributed by atoms with Crippen molar-refractivity contribution < 1.29 is 26.7 Å². The molecule has 40 heavy (non-hydrogen) atoms. The molecule has 0 aliphatic rings. The van der Waals surface area contributed by atoms with Gasteiger partial charge in [0.05, 0.1) is 0 Å². The van der Waals surface area contributed by atoms with Crippen LogP contribution in [-0.2, 0) is 32.1 Å². The van der Waals surface area contributed by atoms with E-state index in [4.69, 9.17) is 0 Å². The van der Waals surface area contributed by atoms with Crippen molar-refractivity contribution in [2.45, 2.75) is 77.5 Å². The fourth-order valence-electron chi connectivity index (χ4n) is 5.03. The van der Waals surface area contributed by atoms with Gasteiger partial charge in [-0.3, -0.25) is 0 Å². The largest absolute Gasteiger partial charge is 0.573 e. The van der Waals surface area contributed by atoms with Crippen LogP contribution in [0.15, 0.2) is 72.8 Å². The summed E-state index contributed by atoms with van der Waals surface area (Å²) < 4.78 is 70.9. The first-order valence-corrected chi connectivity index (χ1v) is 14.0. The lowest BCUT2D eigenvalue weighted by Gasteiger charge is -2.11. The van der Waals surface area contributed by atoms with Crippen LogP contribution in [0.3, 0.4) is 0 Å². The van der Waals surface area contributed by atoms with Crippen molar-refractivity contribution in [3.8, 4) is 5.75 Å². The van der Waals surface area contributed by atoms with E-state index in [1.165, 1.54) is 37.8 Å². The van der Waals surface area contributed by atoms with Gasteiger partial charge in [-0.25, -0.2) is 8.78 Å². The zero-order valence-corrected chi connectivity index (χ0v) is 22.8. The van der Waals surface area contributed by atoms with E-state index in [2.05, 4.69) is 11.7 Å². The molecular formula is C34H35F5O. The Morgan fingerprint density at radius 1 is 0.600 bits per heavy atom. The van der Waals surface area contributed by atoms with Crippen LogP contribution < -0.4 is 4.74 Å². The van der Waals surface area contributed by atoms with Crippen molar-refractivity contribution >= 4 is 10.8 Å². The fourth-order valence-corrected chi connectivity index (χ4v) is 5.03. The maximum atomic E-state index is 15.3. The summed E-state index contributed by atoms with van der Waals surface area (Å²) in [6.07, 6.45) is 4.25. The van der Waals surface area contributed by atoms with E-state index in [1.807, 2.05) is 30.3 Å². The van der Waals surface area contributed by atoms with E-state index >= 15 is 4.39 Å². The molecule has 0 amide bonds. The summed E-state index contributed by atoms with van der Waals surface area (Å²) in [6.45, 7) is 2.19. The first-order valence-electron chi connectivity index (χ1n) is 14.0. The lowest BCUT2D eigenvalue weighted by molar-refractivity contribution is -0.274. The van der Waals surface area contributed by atoms with Crippen LogP contribution in [0.2, 0.25) is 0 Å². The summed E-state index contributed by atoms with van der Waals surface area (Å²) >= 11 is 0. The highest BCUT2D eigenvalue weighted by atomic mass is 19.4. The van der Waals surface area contributed by atoms with Crippen molar-refractivity contribution in [1.82, 2.24) is 0 Å². The number of hydrogen-bond donors (Lipinski definition) is 0. The Hall–Kier alpha value is -3.41. The van der Waals surface area contributed by atoms with Gasteiger partial charge >= 0.3 is 6.36 Å². The summed E-state index contributed by atoms with van der Waals surface area (Å²) in [7, 11) is 0. The monoisotopic (exact) mass is 554 g/mol. The zero-order chi connectivity index (χ0) is 28.5. The molecule has 0 aromatic heterocycles. The fraction of sp³-hybridized carbons (Fsp3) is 0.353. The smallest absolute Gasteiger partial charge is 0.406 e. The Balaban J connectivity index is 1.33. The normalized spacial score (nSPS) is 11.8. The third kappa shape index (κ3) is 8.54. The van der Waals surface area contributed by atoms with Crippen LogP contribution in [0.4, 0.5) is 22.0 Å². The number of unbranched alkanes of at least 4 members (excludes halogenated alkanes) is 4. The number of ether oxygens (including phenoxy) is 1. The first-order chi connectivity index (χ1) is 19.2. The van der Waals surface area contributed by atoms with Crippen LogP contribution in [0.1, 0.15) is 66.8 Å². The predicted octanol–water partition coefficient (Wildman–Crippen LogP) is 10.1. The minimum atomic E-state index is -4.73. The molecule has 4 aromatic carbocycles. The van der Waals surface area contributed by atoms with Crippen molar-refractivity contribution in [2.75, 3.05) is 0 Å². The molecule has 0 heterocycles. The minimum Gasteiger partial charge on any atom is -0.406 e. The van der Waals surface area contributed by atoms with Gasteiger partial charge in [0, 0.05) is 5.39 Å². The third-order valence-corrected chi connectivity index (χ3v) is 7.31. The van der Waals surface area contributed by atoms with Crippen molar-refractivity contribution in [1.29, 1.82) is 0 Å². The lowest BCUT2D eigenvalue weighted by atomic mass is 9.96. The van der Waals surface area contributed by atoms with Crippen LogP contribution in [-0.4, -0.2) is 6.36 Å². The molecule has 0 fully saturated rings. The molecule has 0 saturated heterocycles. The van der Waals surface area contributed by atoms with Crippen LogP contribution in [0, 0.1) is 11.6 Å². The zero-order valence-electron chi connectivity index (χ0n) is 22.8. The van der Waals surface area contributed by atoms with E-state index in [0.29, 0.717) is 42.2 Å². The molecular weight excluding hydrogens is 519 g/mol. The Kier molecular flexibility index (Phi) is 10.2. The van der Waals surface area contributed by atoms with Gasteiger partial charge in [-0.15, -0.1) is 13.2 Å². The van der Waals surface area contributed by atoms with Crippen LogP contribution in [0.5, 0.6) is 5.75 Å². The Morgan fingerprint density at radius 3 is 1.95 bits per heavy atom. The molecule has 0 atom stereocenters. The molecule has 0 N–H and O–H groups in total. The van der Waals surface area contributed by atoms with Gasteiger partial charge in [-0.05, 0) is 89.9 Å². The second-order valence-corrected chi connectivity index (χ2v) is 10.4. The second kappa shape index (κ2) is 13.8. The average molecular weight is 555 g/mol. The molecule has 0 bridgehead atoms. The quantitative estimate of drug-likeness (QED) is 0.118. The standard InChI is InChI=1S/C34H35F5O/c1-2-3-4-5-6-7-25-9-14-27(32(35)23-25)15-10-26-13-21-31-29(22-26)18-17-28(33(31)36)16-8-24-11-19-30(20-12-24)40-34(37,38)39/h9,11-14,17-23H,2-8,10,15-16H2,1H3. The third-order valence-electron chi connectivity index (χ3n) is 7.31.